The molecule has 0 saturated heterocycles. The van der Waals surface area contributed by atoms with E-state index in [-0.39, 0.29) is 5.82 Å². The van der Waals surface area contributed by atoms with Gasteiger partial charge in [-0.1, -0.05) is 11.6 Å². The third kappa shape index (κ3) is 1.11. The van der Waals surface area contributed by atoms with E-state index in [4.69, 9.17) is 11.0 Å². The van der Waals surface area contributed by atoms with E-state index in [2.05, 4.69) is 25.8 Å². The molecule has 1 rings (SSSR count). The summed E-state index contributed by atoms with van der Waals surface area (Å²) in [6.07, 6.45) is 0. The van der Waals surface area contributed by atoms with Crippen LogP contribution in [0.2, 0.25) is 0 Å². The largest absolute Gasteiger partial charge is 0.427 e. The van der Waals surface area contributed by atoms with Gasteiger partial charge in [-0.2, -0.15) is 0 Å². The lowest BCUT2D eigenvalue weighted by atomic mass is 10.8. The Balaban J connectivity index is 3.20. The van der Waals surface area contributed by atoms with E-state index in [1.807, 2.05) is 0 Å². The van der Waals surface area contributed by atoms with Gasteiger partial charge < -0.3 is 9.26 Å². The van der Waals surface area contributed by atoms with Gasteiger partial charge in [-0.25, -0.2) is 0 Å². The molecule has 1 aromatic rings. The van der Waals surface area contributed by atoms with E-state index in [1.54, 1.807) is 6.92 Å². The minimum absolute atomic E-state index is 0.285. The van der Waals surface area contributed by atoms with E-state index in [1.165, 1.54) is 0 Å². The first-order valence-electron chi connectivity index (χ1n) is 2.24. The first-order valence-corrected chi connectivity index (χ1v) is 3.03. The van der Waals surface area contributed by atoms with Gasteiger partial charge in [0.05, 0.1) is 0 Å². The normalized spacial score (nSPS) is 9.00. The highest BCUT2D eigenvalue weighted by Gasteiger charge is 2.07. The molecule has 0 aliphatic heterocycles. The van der Waals surface area contributed by atoms with E-state index in [0.29, 0.717) is 10.6 Å². The van der Waals surface area contributed by atoms with Crippen molar-refractivity contribution in [2.24, 2.45) is 0 Å². The van der Waals surface area contributed by atoms with Crippen LogP contribution in [0, 0.1) is 13.5 Å². The third-order valence-corrected chi connectivity index (χ3v) is 1.30. The van der Waals surface area contributed by atoms with Crippen LogP contribution in [0.4, 0.5) is 5.82 Å². The van der Waals surface area contributed by atoms with Crippen LogP contribution in [0.3, 0.4) is 0 Å². The lowest BCUT2D eigenvalue weighted by molar-refractivity contribution is 0.500. The lowest BCUT2D eigenvalue weighted by Gasteiger charge is -1.74. The van der Waals surface area contributed by atoms with Gasteiger partial charge in [0, 0.05) is 6.92 Å². The van der Waals surface area contributed by atoms with Gasteiger partial charge in [-0.3, -0.25) is 0 Å². The van der Waals surface area contributed by atoms with Gasteiger partial charge in [0.1, 0.15) is 0 Å². The molecule has 0 saturated carbocycles. The van der Waals surface area contributed by atoms with Gasteiger partial charge in [-0.15, -0.1) is 0 Å². The minimum atomic E-state index is 0.285. The smallest absolute Gasteiger partial charge is 0.323 e. The molecule has 0 amide bonds. The summed E-state index contributed by atoms with van der Waals surface area (Å²) in [5.74, 6) is 0.792. The number of hydrogen-bond donors (Lipinski definition) is 0. The maximum Gasteiger partial charge on any atom is 0.323 e. The molecule has 46 valence electrons. The number of aromatic nitrogens is 1. The highest BCUT2D eigenvalue weighted by molar-refractivity contribution is 9.10. The Morgan fingerprint density at radius 3 is 2.67 bits per heavy atom. The Hall–Kier alpha value is -0.820. The lowest BCUT2D eigenvalue weighted by Crippen LogP contribution is -1.62. The molecule has 1 aromatic heterocycles. The van der Waals surface area contributed by atoms with E-state index in [9.17, 15) is 0 Å². The molecular weight excluding hydrogens is 184 g/mol. The van der Waals surface area contributed by atoms with Crippen molar-refractivity contribution < 1.29 is 4.42 Å². The van der Waals surface area contributed by atoms with Gasteiger partial charge in [0.15, 0.2) is 0 Å². The molecule has 0 aromatic carbocycles. The molecule has 0 aliphatic rings. The van der Waals surface area contributed by atoms with Gasteiger partial charge in [0.2, 0.25) is 4.67 Å². The van der Waals surface area contributed by atoms with Crippen LogP contribution < -0.4 is 0 Å². The average Bonchev–Trinajstić information content (AvgIpc) is 2.10. The predicted octanol–water partition coefficient (Wildman–Crippen LogP) is 2.30. The Morgan fingerprint density at radius 2 is 2.44 bits per heavy atom. The second kappa shape index (κ2) is 2.19. The molecule has 0 spiro atoms. The molecule has 4 heteroatoms. The molecular formula is C5H3BrN2O. The summed E-state index contributed by atoms with van der Waals surface area (Å²) < 4.78 is 5.31. The van der Waals surface area contributed by atoms with Crippen molar-refractivity contribution in [1.29, 1.82) is 0 Å². The molecule has 1 heterocycles. The Morgan fingerprint density at radius 1 is 1.78 bits per heavy atom. The fourth-order valence-electron chi connectivity index (χ4n) is 0.460. The molecule has 0 bridgehead atoms. The van der Waals surface area contributed by atoms with Crippen molar-refractivity contribution in [1.82, 2.24) is 4.98 Å². The van der Waals surface area contributed by atoms with Crippen molar-refractivity contribution in [3.05, 3.63) is 22.0 Å². The van der Waals surface area contributed by atoms with Gasteiger partial charge in [-0.05, 0) is 15.9 Å². The van der Waals surface area contributed by atoms with E-state index < -0.39 is 0 Å². The van der Waals surface area contributed by atoms with Crippen LogP contribution in [-0.4, -0.2) is 4.98 Å². The summed E-state index contributed by atoms with van der Waals surface area (Å²) >= 11 is 3.03. The predicted molar refractivity (Wildman–Crippen MR) is 35.2 cm³/mol. The Bertz CT molecular complexity index is 260. The molecule has 0 aliphatic carbocycles. The van der Waals surface area contributed by atoms with E-state index >= 15 is 0 Å². The zero-order chi connectivity index (χ0) is 6.85. The molecule has 0 fully saturated rings. The SMILES string of the molecule is [C-]#[N+]c1nc(C)oc1Br. The topological polar surface area (TPSA) is 30.4 Å². The maximum atomic E-state index is 6.57. The first kappa shape index (κ1) is 6.30. The second-order valence-corrected chi connectivity index (χ2v) is 2.16. The zero-order valence-electron chi connectivity index (χ0n) is 4.68. The zero-order valence-corrected chi connectivity index (χ0v) is 6.27. The average molecular weight is 187 g/mol. The summed E-state index contributed by atoms with van der Waals surface area (Å²) in [6, 6.07) is 0. The molecule has 0 radical (unpaired) electrons. The first-order chi connectivity index (χ1) is 4.24. The fraction of sp³-hybridized carbons (Fsp3) is 0.200. The van der Waals surface area contributed by atoms with Crippen LogP contribution in [-0.2, 0) is 0 Å². The van der Waals surface area contributed by atoms with Crippen LogP contribution >= 0.6 is 15.9 Å². The highest BCUT2D eigenvalue weighted by Crippen LogP contribution is 2.24. The van der Waals surface area contributed by atoms with Crippen LogP contribution in [0.15, 0.2) is 9.09 Å². The second-order valence-electron chi connectivity index (χ2n) is 1.44. The fourth-order valence-corrected chi connectivity index (χ4v) is 0.872. The number of nitrogens with zero attached hydrogens (tertiary/aromatic N) is 2. The number of rotatable bonds is 0. The quantitative estimate of drug-likeness (QED) is 0.583. The van der Waals surface area contributed by atoms with E-state index in [0.717, 1.165) is 0 Å². The molecule has 0 N–H and O–H groups in total. The van der Waals surface area contributed by atoms with Crippen molar-refractivity contribution in [3.63, 3.8) is 0 Å². The Kier molecular flexibility index (Phi) is 1.54. The summed E-state index contributed by atoms with van der Waals surface area (Å²) in [5, 5.41) is 0. The van der Waals surface area contributed by atoms with Crippen LogP contribution in [0.5, 0.6) is 0 Å². The number of aryl methyl sites for hydroxylation is 1. The van der Waals surface area contributed by atoms with Crippen LogP contribution in [0.1, 0.15) is 5.89 Å². The molecule has 3 nitrogen and oxygen atoms in total. The third-order valence-electron chi connectivity index (χ3n) is 0.782. The minimum Gasteiger partial charge on any atom is -0.427 e. The summed E-state index contributed by atoms with van der Waals surface area (Å²) in [4.78, 5) is 6.85. The van der Waals surface area contributed by atoms with Crippen molar-refractivity contribution in [2.75, 3.05) is 0 Å². The van der Waals surface area contributed by atoms with Crippen molar-refractivity contribution in [3.8, 4) is 0 Å². The van der Waals surface area contributed by atoms with Gasteiger partial charge in [0.25, 0.3) is 5.89 Å². The molecule has 0 atom stereocenters. The monoisotopic (exact) mass is 186 g/mol. The van der Waals surface area contributed by atoms with Crippen molar-refractivity contribution in [2.45, 2.75) is 6.92 Å². The summed E-state index contributed by atoms with van der Waals surface area (Å²) in [5.41, 5.74) is 0. The summed E-state index contributed by atoms with van der Waals surface area (Å²) in [6.45, 7) is 8.26. The number of oxazole rings is 1. The standard InChI is InChI=1S/C5H3BrN2O/c1-3-8-5(7-2)4(6)9-3/h1H3. The molecule has 9 heavy (non-hydrogen) atoms. The van der Waals surface area contributed by atoms with Crippen molar-refractivity contribution >= 4 is 21.7 Å². The maximum absolute atomic E-state index is 6.57. The Labute approximate surface area is 60.6 Å². The number of halogens is 1. The highest BCUT2D eigenvalue weighted by atomic mass is 79.9. The van der Waals surface area contributed by atoms with Gasteiger partial charge >= 0.3 is 5.82 Å². The number of hydrogen-bond acceptors (Lipinski definition) is 2. The van der Waals surface area contributed by atoms with Crippen LogP contribution in [0.25, 0.3) is 4.85 Å². The molecule has 0 unspecified atom stereocenters. The summed E-state index contributed by atoms with van der Waals surface area (Å²) in [7, 11) is 0.